The van der Waals surface area contributed by atoms with E-state index in [1.165, 1.54) is 16.7 Å². The van der Waals surface area contributed by atoms with Crippen LogP contribution in [0.3, 0.4) is 0 Å². The van der Waals surface area contributed by atoms with Gasteiger partial charge in [-0.25, -0.2) is 0 Å². The fourth-order valence-electron chi connectivity index (χ4n) is 2.00. The van der Waals surface area contributed by atoms with Crippen LogP contribution in [0.2, 0.25) is 0 Å². The van der Waals surface area contributed by atoms with Crippen molar-refractivity contribution >= 4 is 17.9 Å². The zero-order valence-electron chi connectivity index (χ0n) is 12.7. The topological polar surface area (TPSA) is 17.1 Å². The minimum Gasteiger partial charge on any atom is -0.300 e. The molecule has 0 radical (unpaired) electrons. The summed E-state index contributed by atoms with van der Waals surface area (Å²) in [6.45, 7) is 5.63. The summed E-state index contributed by atoms with van der Waals surface area (Å²) in [7, 11) is 0. The number of benzene rings is 1. The zero-order chi connectivity index (χ0) is 14.8. The summed E-state index contributed by atoms with van der Waals surface area (Å²) in [4.78, 5) is 10.8. The molecule has 1 aromatic rings. The number of hydrogen-bond donors (Lipinski definition) is 0. The van der Waals surface area contributed by atoms with Gasteiger partial charge in [-0.05, 0) is 42.5 Å². The Labute approximate surface area is 124 Å². The first-order valence-electron chi connectivity index (χ1n) is 7.38. The lowest BCUT2D eigenvalue weighted by Gasteiger charge is -2.04. The van der Waals surface area contributed by atoms with Crippen molar-refractivity contribution < 1.29 is 6.22 Å². The summed E-state index contributed by atoms with van der Waals surface area (Å²) in [5, 5.41) is 0. The minimum atomic E-state index is 0. The number of carbonyl (C=O) groups is 1. The Morgan fingerprint density at radius 1 is 1.30 bits per heavy atom. The molecule has 0 saturated heterocycles. The molecule has 0 unspecified atom stereocenters. The Kier molecular flexibility index (Phi) is 7.34. The molecule has 0 atom stereocenters. The number of fused-ring (bicyclic) bond motifs is 1. The van der Waals surface area contributed by atoms with Crippen molar-refractivity contribution in [1.82, 2.24) is 0 Å². The number of allylic oxidation sites excluding steroid dienone is 4. The van der Waals surface area contributed by atoms with Crippen LogP contribution >= 0.6 is 0 Å². The van der Waals surface area contributed by atoms with Crippen LogP contribution in [0.15, 0.2) is 42.5 Å². The summed E-state index contributed by atoms with van der Waals surface area (Å²) in [6, 6.07) is 6.51. The van der Waals surface area contributed by atoms with Gasteiger partial charge in [0.1, 0.15) is 5.78 Å². The van der Waals surface area contributed by atoms with Crippen molar-refractivity contribution in [3.05, 3.63) is 59.2 Å². The van der Waals surface area contributed by atoms with Crippen molar-refractivity contribution in [1.29, 1.82) is 0 Å². The Morgan fingerprint density at radius 3 is 2.85 bits per heavy atom. The van der Waals surface area contributed by atoms with Crippen molar-refractivity contribution in [3.63, 3.8) is 0 Å². The van der Waals surface area contributed by atoms with Crippen molar-refractivity contribution in [2.75, 3.05) is 0 Å². The predicted octanol–water partition coefficient (Wildman–Crippen LogP) is 5.47. The fourth-order valence-corrected chi connectivity index (χ4v) is 2.00. The lowest BCUT2D eigenvalue weighted by atomic mass is 10.0. The Morgan fingerprint density at radius 2 is 2.10 bits per heavy atom. The van der Waals surface area contributed by atoms with E-state index in [9.17, 15) is 4.79 Å². The molecule has 0 saturated carbocycles. The van der Waals surface area contributed by atoms with Crippen molar-refractivity contribution in [3.8, 4) is 0 Å². The molecule has 0 heterocycles. The smallest absolute Gasteiger partial charge is 0.130 e. The maximum absolute atomic E-state index is 10.8. The van der Waals surface area contributed by atoms with Gasteiger partial charge in [0.2, 0.25) is 0 Å². The molecule has 0 N–H and O–H groups in total. The van der Waals surface area contributed by atoms with Gasteiger partial charge in [-0.2, -0.15) is 0 Å². The first-order chi connectivity index (χ1) is 9.75. The molecule has 0 bridgehead atoms. The second-order valence-electron chi connectivity index (χ2n) is 4.59. The van der Waals surface area contributed by atoms with Crippen LogP contribution in [-0.4, -0.2) is 5.78 Å². The predicted molar refractivity (Wildman–Crippen MR) is 90.7 cm³/mol. The fraction of sp³-hybridized carbons (Fsp3) is 0.316. The molecule has 20 heavy (non-hydrogen) atoms. The molecule has 0 aromatic heterocycles. The molecule has 1 aliphatic carbocycles. The summed E-state index contributed by atoms with van der Waals surface area (Å²) < 4.78 is 0. The van der Waals surface area contributed by atoms with Crippen LogP contribution in [0.4, 0.5) is 0 Å². The highest BCUT2D eigenvalue weighted by atomic mass is 16.1. The van der Waals surface area contributed by atoms with Crippen LogP contribution in [0.1, 0.15) is 51.7 Å². The van der Waals surface area contributed by atoms with Gasteiger partial charge in [0.05, 0.1) is 0 Å². The maximum atomic E-state index is 10.8. The molecule has 0 aliphatic heterocycles. The molecule has 1 nitrogen and oxygen atoms in total. The first kappa shape index (κ1) is 16.2. The molecular weight excluding hydrogens is 244 g/mol. The number of hydrogen-bond acceptors (Lipinski definition) is 1. The Bertz CT molecular complexity index is 524. The van der Waals surface area contributed by atoms with Gasteiger partial charge in [0.25, 0.3) is 0 Å². The third kappa shape index (κ3) is 5.40. The van der Waals surface area contributed by atoms with E-state index < -0.39 is 0 Å². The van der Waals surface area contributed by atoms with Gasteiger partial charge in [0.15, 0.2) is 0 Å². The van der Waals surface area contributed by atoms with E-state index in [0.29, 0.717) is 6.42 Å². The van der Waals surface area contributed by atoms with E-state index in [1.54, 1.807) is 6.92 Å². The van der Waals surface area contributed by atoms with E-state index >= 15 is 0 Å². The van der Waals surface area contributed by atoms with Crippen LogP contribution in [-0.2, 0) is 11.2 Å². The molecule has 1 aromatic carbocycles. The van der Waals surface area contributed by atoms with Gasteiger partial charge in [-0.15, -0.1) is 0 Å². The quantitative estimate of drug-likeness (QED) is 0.709. The summed E-state index contributed by atoms with van der Waals surface area (Å²) in [5.74, 6) is 0.246. The standard InChI is InChI=1S/C17H18O.C2H6.H2/c1-14(18)7-5-6-8-15-11-12-16-9-3-2-4-10-17(16)13-15;1-2;/h2-4,6,8,10-13H,5,7,9H2,1H3;1-2H3;1H/b8-6+;;. The molecular formula is C19H26O. The van der Waals surface area contributed by atoms with Crippen LogP contribution in [0.5, 0.6) is 0 Å². The summed E-state index contributed by atoms with van der Waals surface area (Å²) in [5.41, 5.74) is 3.85. The van der Waals surface area contributed by atoms with E-state index in [2.05, 4.69) is 54.7 Å². The second-order valence-corrected chi connectivity index (χ2v) is 4.59. The summed E-state index contributed by atoms with van der Waals surface area (Å²) >= 11 is 0. The third-order valence-electron chi connectivity index (χ3n) is 3.00. The van der Waals surface area contributed by atoms with Gasteiger partial charge in [-0.1, -0.05) is 62.4 Å². The van der Waals surface area contributed by atoms with Crippen LogP contribution in [0, 0.1) is 0 Å². The van der Waals surface area contributed by atoms with Gasteiger partial charge < -0.3 is 4.79 Å². The van der Waals surface area contributed by atoms with E-state index in [0.717, 1.165) is 12.8 Å². The minimum absolute atomic E-state index is 0. The average molecular weight is 270 g/mol. The maximum Gasteiger partial charge on any atom is 0.130 e. The summed E-state index contributed by atoms with van der Waals surface area (Å²) in [6.07, 6.45) is 15.1. The normalized spacial score (nSPS) is 12.6. The van der Waals surface area contributed by atoms with Crippen LogP contribution < -0.4 is 0 Å². The molecule has 0 fully saturated rings. The van der Waals surface area contributed by atoms with Crippen molar-refractivity contribution in [2.24, 2.45) is 0 Å². The Balaban J connectivity index is 0.00000128. The lowest BCUT2D eigenvalue weighted by molar-refractivity contribution is -0.116. The number of ketones is 1. The van der Waals surface area contributed by atoms with Crippen LogP contribution in [0.25, 0.3) is 12.2 Å². The highest BCUT2D eigenvalue weighted by Gasteiger charge is 2.00. The largest absolute Gasteiger partial charge is 0.300 e. The first-order valence-corrected chi connectivity index (χ1v) is 7.38. The highest BCUT2D eigenvalue weighted by molar-refractivity contribution is 5.75. The SMILES string of the molecule is CC.CC(=O)CC/C=C/c1ccc2c(c1)C=CC=CC2.[HH]. The molecule has 0 spiro atoms. The molecule has 1 aliphatic rings. The van der Waals surface area contributed by atoms with E-state index in [4.69, 9.17) is 0 Å². The number of carbonyl (C=O) groups excluding carboxylic acids is 1. The molecule has 0 amide bonds. The van der Waals surface area contributed by atoms with E-state index in [1.807, 2.05) is 13.8 Å². The highest BCUT2D eigenvalue weighted by Crippen LogP contribution is 2.18. The lowest BCUT2D eigenvalue weighted by Crippen LogP contribution is -1.88. The average Bonchev–Trinajstić information content (AvgIpc) is 2.70. The second kappa shape index (κ2) is 9.08. The molecule has 2 rings (SSSR count). The van der Waals surface area contributed by atoms with Gasteiger partial charge in [-0.3, -0.25) is 0 Å². The molecule has 108 valence electrons. The monoisotopic (exact) mass is 270 g/mol. The molecule has 1 heteroatoms. The third-order valence-corrected chi connectivity index (χ3v) is 3.00. The van der Waals surface area contributed by atoms with E-state index in [-0.39, 0.29) is 7.21 Å². The van der Waals surface area contributed by atoms with Gasteiger partial charge >= 0.3 is 0 Å². The number of rotatable bonds is 4. The Hall–Kier alpha value is -1.89. The number of Topliss-reactive ketones (excluding diaryl/α,β-unsaturated/α-hetero) is 1. The van der Waals surface area contributed by atoms with Gasteiger partial charge in [0, 0.05) is 7.85 Å². The van der Waals surface area contributed by atoms with Crippen molar-refractivity contribution in [2.45, 2.75) is 40.0 Å². The zero-order valence-corrected chi connectivity index (χ0v) is 12.7.